The van der Waals surface area contributed by atoms with E-state index in [0.717, 1.165) is 5.69 Å². The number of amides is 1. The summed E-state index contributed by atoms with van der Waals surface area (Å²) in [5.74, 6) is 1.09. The predicted octanol–water partition coefficient (Wildman–Crippen LogP) is 1.92. The molecule has 0 fully saturated rings. The van der Waals surface area contributed by atoms with Crippen molar-refractivity contribution < 1.29 is 14.3 Å². The lowest BCUT2D eigenvalue weighted by molar-refractivity contribution is 0.0926. The number of nitrogens with zero attached hydrogens (tertiary/aromatic N) is 1. The van der Waals surface area contributed by atoms with Crippen molar-refractivity contribution >= 4 is 5.91 Å². The Labute approximate surface area is 123 Å². The average Bonchev–Trinajstić information content (AvgIpc) is 2.92. The van der Waals surface area contributed by atoms with E-state index in [4.69, 9.17) is 9.47 Å². The van der Waals surface area contributed by atoms with Crippen molar-refractivity contribution in [3.8, 4) is 11.5 Å². The van der Waals surface area contributed by atoms with Crippen molar-refractivity contribution in [3.63, 3.8) is 0 Å². The molecule has 0 aliphatic heterocycles. The zero-order valence-electron chi connectivity index (χ0n) is 12.3. The fraction of sp³-hybridized carbons (Fsp3) is 0.333. The highest BCUT2D eigenvalue weighted by atomic mass is 16.5. The molecule has 1 aromatic carbocycles. The molecule has 0 unspecified atom stereocenters. The van der Waals surface area contributed by atoms with Gasteiger partial charge in [-0.2, -0.15) is 5.10 Å². The molecule has 6 heteroatoms. The maximum atomic E-state index is 11.9. The zero-order chi connectivity index (χ0) is 15.2. The summed E-state index contributed by atoms with van der Waals surface area (Å²) in [5.41, 5.74) is 1.22. The largest absolute Gasteiger partial charge is 0.493 e. The first kappa shape index (κ1) is 14.9. The highest BCUT2D eigenvalue weighted by molar-refractivity contribution is 5.92. The van der Waals surface area contributed by atoms with E-state index in [9.17, 15) is 4.79 Å². The monoisotopic (exact) mass is 289 g/mol. The molecule has 2 N–H and O–H groups in total. The first-order chi connectivity index (χ1) is 10.1. The SMILES string of the molecule is COc1ccccc1O[C@@H](C)CNC(=O)c1cc(C)[nH]n1. The van der Waals surface area contributed by atoms with Gasteiger partial charge in [0.05, 0.1) is 13.7 Å². The van der Waals surface area contributed by atoms with Gasteiger partial charge in [0.2, 0.25) is 0 Å². The van der Waals surface area contributed by atoms with Gasteiger partial charge in [-0.25, -0.2) is 0 Å². The Morgan fingerprint density at radius 2 is 2.10 bits per heavy atom. The summed E-state index contributed by atoms with van der Waals surface area (Å²) < 4.78 is 11.0. The number of ether oxygens (including phenoxy) is 2. The van der Waals surface area contributed by atoms with Gasteiger partial charge < -0.3 is 14.8 Å². The van der Waals surface area contributed by atoms with E-state index in [1.165, 1.54) is 0 Å². The summed E-state index contributed by atoms with van der Waals surface area (Å²) in [6, 6.07) is 9.09. The van der Waals surface area contributed by atoms with Gasteiger partial charge in [-0.3, -0.25) is 9.89 Å². The van der Waals surface area contributed by atoms with E-state index in [1.54, 1.807) is 13.2 Å². The van der Waals surface area contributed by atoms with Gasteiger partial charge in [-0.15, -0.1) is 0 Å². The summed E-state index contributed by atoms with van der Waals surface area (Å²) in [6.07, 6.45) is -0.190. The second-order valence-corrected chi connectivity index (χ2v) is 4.73. The lowest BCUT2D eigenvalue weighted by Gasteiger charge is -2.17. The first-order valence-corrected chi connectivity index (χ1v) is 6.70. The van der Waals surface area contributed by atoms with Crippen LogP contribution in [0, 0.1) is 6.92 Å². The van der Waals surface area contributed by atoms with Gasteiger partial charge in [-0.1, -0.05) is 12.1 Å². The van der Waals surface area contributed by atoms with Crippen LogP contribution in [0.5, 0.6) is 11.5 Å². The lowest BCUT2D eigenvalue weighted by atomic mass is 10.3. The normalized spacial score (nSPS) is 11.8. The number of methoxy groups -OCH3 is 1. The number of H-pyrrole nitrogens is 1. The first-order valence-electron chi connectivity index (χ1n) is 6.70. The Hall–Kier alpha value is -2.50. The van der Waals surface area contributed by atoms with Gasteiger partial charge >= 0.3 is 0 Å². The Morgan fingerprint density at radius 1 is 1.38 bits per heavy atom. The summed E-state index contributed by atoms with van der Waals surface area (Å²) in [7, 11) is 1.59. The Bertz CT molecular complexity index is 610. The van der Waals surface area contributed by atoms with Crippen LogP contribution in [0.15, 0.2) is 30.3 Å². The molecule has 2 rings (SSSR count). The number of carbonyl (C=O) groups is 1. The number of rotatable bonds is 6. The smallest absolute Gasteiger partial charge is 0.271 e. The average molecular weight is 289 g/mol. The van der Waals surface area contributed by atoms with Crippen LogP contribution in [0.2, 0.25) is 0 Å². The number of aromatic nitrogens is 2. The highest BCUT2D eigenvalue weighted by Gasteiger charge is 2.12. The molecule has 1 heterocycles. The molecule has 1 aromatic heterocycles. The third-order valence-corrected chi connectivity index (χ3v) is 2.89. The second-order valence-electron chi connectivity index (χ2n) is 4.73. The molecular weight excluding hydrogens is 270 g/mol. The van der Waals surface area contributed by atoms with Crippen LogP contribution in [0.1, 0.15) is 23.1 Å². The molecule has 1 amide bonds. The predicted molar refractivity (Wildman–Crippen MR) is 78.7 cm³/mol. The van der Waals surface area contributed by atoms with Crippen molar-refractivity contribution in [1.29, 1.82) is 0 Å². The van der Waals surface area contributed by atoms with Crippen LogP contribution in [-0.4, -0.2) is 35.9 Å². The fourth-order valence-electron chi connectivity index (χ4n) is 1.84. The van der Waals surface area contributed by atoms with Crippen LogP contribution < -0.4 is 14.8 Å². The Balaban J connectivity index is 1.87. The van der Waals surface area contributed by atoms with E-state index < -0.39 is 0 Å². The molecule has 6 nitrogen and oxygen atoms in total. The summed E-state index contributed by atoms with van der Waals surface area (Å²) in [5, 5.41) is 9.42. The van der Waals surface area contributed by atoms with E-state index >= 15 is 0 Å². The molecule has 0 radical (unpaired) electrons. The maximum absolute atomic E-state index is 11.9. The Morgan fingerprint density at radius 3 is 2.71 bits per heavy atom. The van der Waals surface area contributed by atoms with Gasteiger partial charge in [-0.05, 0) is 32.0 Å². The number of benzene rings is 1. The van der Waals surface area contributed by atoms with Crippen molar-refractivity contribution in [2.24, 2.45) is 0 Å². The molecule has 2 aromatic rings. The molecule has 0 aliphatic carbocycles. The molecule has 112 valence electrons. The Kier molecular flexibility index (Phi) is 4.81. The number of para-hydroxylation sites is 2. The number of hydrogen-bond donors (Lipinski definition) is 2. The van der Waals surface area contributed by atoms with Crippen molar-refractivity contribution in [2.45, 2.75) is 20.0 Å². The van der Waals surface area contributed by atoms with Crippen LogP contribution in [0.3, 0.4) is 0 Å². The third kappa shape index (κ3) is 3.98. The van der Waals surface area contributed by atoms with Gasteiger partial charge in [0.15, 0.2) is 11.5 Å². The maximum Gasteiger partial charge on any atom is 0.271 e. The van der Waals surface area contributed by atoms with E-state index in [0.29, 0.717) is 23.7 Å². The molecule has 21 heavy (non-hydrogen) atoms. The van der Waals surface area contributed by atoms with E-state index in [2.05, 4.69) is 15.5 Å². The minimum atomic E-state index is -0.227. The molecule has 0 spiro atoms. The lowest BCUT2D eigenvalue weighted by Crippen LogP contribution is -2.33. The van der Waals surface area contributed by atoms with Crippen LogP contribution in [0.4, 0.5) is 0 Å². The summed E-state index contributed by atoms with van der Waals surface area (Å²) >= 11 is 0. The van der Waals surface area contributed by atoms with Gasteiger partial charge in [0, 0.05) is 5.69 Å². The molecule has 0 saturated heterocycles. The number of aromatic amines is 1. The number of nitrogens with one attached hydrogen (secondary N) is 2. The standard InChI is InChI=1S/C15H19N3O3/c1-10-8-12(18-17-10)15(19)16-9-11(2)21-14-7-5-4-6-13(14)20-3/h4-8,11H,9H2,1-3H3,(H,16,19)(H,17,18)/t11-/m0/s1. The minimum absolute atomic E-state index is 0.190. The van der Waals surface area contributed by atoms with Crippen molar-refractivity contribution in [2.75, 3.05) is 13.7 Å². The highest BCUT2D eigenvalue weighted by Crippen LogP contribution is 2.26. The molecule has 0 saturated carbocycles. The topological polar surface area (TPSA) is 76.2 Å². The summed E-state index contributed by atoms with van der Waals surface area (Å²) in [6.45, 7) is 4.10. The fourth-order valence-corrected chi connectivity index (χ4v) is 1.84. The summed E-state index contributed by atoms with van der Waals surface area (Å²) in [4.78, 5) is 11.9. The molecular formula is C15H19N3O3. The van der Waals surface area contributed by atoms with E-state index in [-0.39, 0.29) is 12.0 Å². The molecule has 1 atom stereocenters. The van der Waals surface area contributed by atoms with Crippen LogP contribution in [-0.2, 0) is 0 Å². The van der Waals surface area contributed by atoms with Crippen molar-refractivity contribution in [1.82, 2.24) is 15.5 Å². The quantitative estimate of drug-likeness (QED) is 0.852. The van der Waals surface area contributed by atoms with Gasteiger partial charge in [0.1, 0.15) is 11.8 Å². The van der Waals surface area contributed by atoms with Crippen molar-refractivity contribution in [3.05, 3.63) is 41.7 Å². The van der Waals surface area contributed by atoms with E-state index in [1.807, 2.05) is 38.1 Å². The third-order valence-electron chi connectivity index (χ3n) is 2.89. The zero-order valence-corrected chi connectivity index (χ0v) is 12.3. The van der Waals surface area contributed by atoms with Gasteiger partial charge in [0.25, 0.3) is 5.91 Å². The number of hydrogen-bond acceptors (Lipinski definition) is 4. The number of aryl methyl sites for hydroxylation is 1. The number of carbonyl (C=O) groups excluding carboxylic acids is 1. The second kappa shape index (κ2) is 6.78. The van der Waals surface area contributed by atoms with Crippen LogP contribution in [0.25, 0.3) is 0 Å². The minimum Gasteiger partial charge on any atom is -0.493 e. The van der Waals surface area contributed by atoms with Crippen LogP contribution >= 0.6 is 0 Å². The molecule has 0 aliphatic rings. The molecule has 0 bridgehead atoms.